The second-order valence-electron chi connectivity index (χ2n) is 13.3. The Labute approximate surface area is 250 Å². The molecule has 1 aromatic carbocycles. The van der Waals surface area contributed by atoms with Gasteiger partial charge in [0.2, 0.25) is 11.8 Å². The third-order valence-corrected chi connectivity index (χ3v) is 9.27. The number of hydrogen-bond acceptors (Lipinski definition) is 8. The van der Waals surface area contributed by atoms with Gasteiger partial charge in [0, 0.05) is 12.5 Å². The molecule has 6 rings (SSSR count). The Bertz CT molecular complexity index is 1460. The number of alkyl carbamates (subject to hydrolysis) is 1. The summed E-state index contributed by atoms with van der Waals surface area (Å²) in [4.78, 5) is 50.9. The van der Waals surface area contributed by atoms with E-state index in [1.165, 1.54) is 30.6 Å². The number of nitrogens with one attached hydrogen (secondary N) is 1. The van der Waals surface area contributed by atoms with Crippen LogP contribution in [-0.2, 0) is 19.1 Å². The molecule has 43 heavy (non-hydrogen) atoms. The fourth-order valence-electron chi connectivity index (χ4n) is 6.98. The fraction of sp³-hybridized carbons (Fsp3) is 0.594. The highest BCUT2D eigenvalue weighted by molar-refractivity contribution is 5.91. The lowest BCUT2D eigenvalue weighted by Crippen LogP contribution is -2.57. The molecule has 10 nitrogen and oxygen atoms in total. The third-order valence-electron chi connectivity index (χ3n) is 9.27. The van der Waals surface area contributed by atoms with Crippen molar-refractivity contribution >= 4 is 35.1 Å². The van der Waals surface area contributed by atoms with E-state index in [0.717, 1.165) is 25.7 Å². The molecule has 1 aromatic heterocycles. The van der Waals surface area contributed by atoms with E-state index in [-0.39, 0.29) is 30.9 Å². The number of halogens is 1. The number of ether oxygens (including phenoxy) is 3. The maximum absolute atomic E-state index is 14.1. The van der Waals surface area contributed by atoms with Gasteiger partial charge in [-0.15, -0.1) is 0 Å². The zero-order chi connectivity index (χ0) is 30.5. The van der Waals surface area contributed by atoms with Crippen molar-refractivity contribution in [3.63, 3.8) is 0 Å². The van der Waals surface area contributed by atoms with Crippen molar-refractivity contribution in [2.24, 2.45) is 23.2 Å². The molecule has 3 heterocycles. The van der Waals surface area contributed by atoms with Crippen LogP contribution in [0.3, 0.4) is 0 Å². The second kappa shape index (κ2) is 11.4. The smallest absolute Gasteiger partial charge is 0.408 e. The first kappa shape index (κ1) is 29.3. The Morgan fingerprint density at radius 2 is 1.91 bits per heavy atom. The SMILES string of the molecule is COC(=O)[C@@H]1C[C@@H]2CN1C(=O)[C@H](C(C)(C)C)NC(=O)O[C@@H]1CC3C[C@@H]3[C@H]1CCC/C=C/c1nc3ccc(F)cc3nc1O2. The number of esters is 1. The summed E-state index contributed by atoms with van der Waals surface area (Å²) in [5.74, 6) is 0.190. The van der Waals surface area contributed by atoms with Gasteiger partial charge in [-0.1, -0.05) is 26.8 Å². The molecular formula is C32H39FN4O6. The minimum atomic E-state index is -0.957. The maximum Gasteiger partial charge on any atom is 0.408 e. The number of hydrogen-bond donors (Lipinski definition) is 1. The van der Waals surface area contributed by atoms with Crippen LogP contribution in [0, 0.1) is 29.0 Å². The summed E-state index contributed by atoms with van der Waals surface area (Å²) < 4.78 is 31.4. The molecule has 7 atom stereocenters. The molecule has 2 aromatic rings. The van der Waals surface area contributed by atoms with Gasteiger partial charge >= 0.3 is 12.1 Å². The van der Waals surface area contributed by atoms with Crippen molar-refractivity contribution in [3.8, 4) is 5.88 Å². The monoisotopic (exact) mass is 594 g/mol. The molecule has 0 radical (unpaired) electrons. The molecule has 2 bridgehead atoms. The van der Waals surface area contributed by atoms with Gasteiger partial charge in [-0.3, -0.25) is 4.79 Å². The number of carbonyl (C=O) groups is 3. The highest BCUT2D eigenvalue weighted by atomic mass is 19.1. The van der Waals surface area contributed by atoms with Crippen LogP contribution in [-0.4, -0.2) is 70.8 Å². The normalized spacial score (nSPS) is 31.8. The molecule has 1 saturated heterocycles. The molecular weight excluding hydrogens is 555 g/mol. The number of fused-ring (bicyclic) bond motifs is 7. The lowest BCUT2D eigenvalue weighted by molar-refractivity contribution is -0.152. The fourth-order valence-corrected chi connectivity index (χ4v) is 6.98. The molecule has 11 heteroatoms. The topological polar surface area (TPSA) is 120 Å². The van der Waals surface area contributed by atoms with Gasteiger partial charge in [-0.25, -0.2) is 23.9 Å². The van der Waals surface area contributed by atoms with Gasteiger partial charge in [-0.2, -0.15) is 0 Å². The first-order valence-corrected chi connectivity index (χ1v) is 15.2. The summed E-state index contributed by atoms with van der Waals surface area (Å²) in [7, 11) is 1.27. The lowest BCUT2D eigenvalue weighted by atomic mass is 9.85. The van der Waals surface area contributed by atoms with E-state index < -0.39 is 47.4 Å². The zero-order valence-electron chi connectivity index (χ0n) is 25.0. The first-order chi connectivity index (χ1) is 20.5. The standard InChI is InChI=1S/C32H39FN4O6/c1-32(2,3)27-29(38)37-16-19(15-25(37)30(39)41-4)42-28-23(34-22-11-10-18(33)14-24(22)35-28)9-7-5-6-8-20-21-12-17(21)13-26(20)43-31(40)36-27/h7,9-11,14,17,19-21,25-27H,5-6,8,12-13,15-16H2,1-4H3,(H,36,40)/b9-7+/t17?,19-,20-,21+,25+,26-,27-/m1/s1. The highest BCUT2D eigenvalue weighted by Crippen LogP contribution is 2.57. The predicted molar refractivity (Wildman–Crippen MR) is 155 cm³/mol. The van der Waals surface area contributed by atoms with Crippen LogP contribution < -0.4 is 10.1 Å². The Kier molecular flexibility index (Phi) is 7.76. The quantitative estimate of drug-likeness (QED) is 0.474. The van der Waals surface area contributed by atoms with E-state index in [2.05, 4.69) is 10.3 Å². The van der Waals surface area contributed by atoms with Crippen LogP contribution in [0.4, 0.5) is 9.18 Å². The summed E-state index contributed by atoms with van der Waals surface area (Å²) in [6, 6.07) is 2.33. The summed E-state index contributed by atoms with van der Waals surface area (Å²) in [5.41, 5.74) is 0.676. The van der Waals surface area contributed by atoms with Crippen LogP contribution >= 0.6 is 0 Å². The number of amides is 2. The number of carbonyl (C=O) groups excluding carboxylic acids is 3. The molecule has 2 amide bonds. The highest BCUT2D eigenvalue weighted by Gasteiger charge is 2.54. The van der Waals surface area contributed by atoms with Gasteiger partial charge in [0.05, 0.1) is 24.7 Å². The van der Waals surface area contributed by atoms with Crippen molar-refractivity contribution in [1.82, 2.24) is 20.2 Å². The molecule has 230 valence electrons. The molecule has 0 spiro atoms. The van der Waals surface area contributed by atoms with Crippen LogP contribution in [0.15, 0.2) is 24.3 Å². The van der Waals surface area contributed by atoms with Crippen molar-refractivity contribution in [2.45, 2.75) is 83.6 Å². The van der Waals surface area contributed by atoms with Crippen LogP contribution in [0.5, 0.6) is 5.88 Å². The van der Waals surface area contributed by atoms with E-state index in [0.29, 0.717) is 28.6 Å². The molecule has 2 saturated carbocycles. The van der Waals surface area contributed by atoms with E-state index in [9.17, 15) is 18.8 Å². The summed E-state index contributed by atoms with van der Waals surface area (Å²) in [6.07, 6.45) is 7.24. The summed E-state index contributed by atoms with van der Waals surface area (Å²) in [6.45, 7) is 5.63. The van der Waals surface area contributed by atoms with Crippen LogP contribution in [0.1, 0.15) is 65.0 Å². The number of rotatable bonds is 1. The Hall–Kier alpha value is -3.76. The Morgan fingerprint density at radius 3 is 2.67 bits per heavy atom. The average molecular weight is 595 g/mol. The number of aromatic nitrogens is 2. The van der Waals surface area contributed by atoms with Crippen molar-refractivity contribution in [3.05, 3.63) is 35.8 Å². The maximum atomic E-state index is 14.1. The third kappa shape index (κ3) is 6.03. The van der Waals surface area contributed by atoms with Crippen LogP contribution in [0.2, 0.25) is 0 Å². The molecule has 1 unspecified atom stereocenters. The van der Waals surface area contributed by atoms with Gasteiger partial charge in [0.1, 0.15) is 35.8 Å². The molecule has 4 aliphatic rings. The summed E-state index contributed by atoms with van der Waals surface area (Å²) in [5, 5.41) is 2.84. The van der Waals surface area contributed by atoms with Gasteiger partial charge < -0.3 is 24.4 Å². The van der Waals surface area contributed by atoms with Crippen molar-refractivity contribution < 1.29 is 33.0 Å². The molecule has 2 aliphatic carbocycles. The minimum Gasteiger partial charge on any atom is -0.471 e. The largest absolute Gasteiger partial charge is 0.471 e. The van der Waals surface area contributed by atoms with E-state index >= 15 is 0 Å². The average Bonchev–Trinajstić information content (AvgIpc) is 3.45. The Balaban J connectivity index is 1.36. The number of benzene rings is 1. The van der Waals surface area contributed by atoms with Gasteiger partial charge in [0.15, 0.2) is 0 Å². The second-order valence-corrected chi connectivity index (χ2v) is 13.3. The zero-order valence-corrected chi connectivity index (χ0v) is 25.0. The Morgan fingerprint density at radius 1 is 1.09 bits per heavy atom. The molecule has 2 aliphatic heterocycles. The van der Waals surface area contributed by atoms with Crippen molar-refractivity contribution in [1.29, 1.82) is 0 Å². The number of methoxy groups -OCH3 is 1. The van der Waals surface area contributed by atoms with E-state index in [4.69, 9.17) is 19.2 Å². The predicted octanol–water partition coefficient (Wildman–Crippen LogP) is 4.65. The number of allylic oxidation sites excluding steroid dienone is 1. The molecule has 1 N–H and O–H groups in total. The van der Waals surface area contributed by atoms with Crippen molar-refractivity contribution in [2.75, 3.05) is 13.7 Å². The lowest BCUT2D eigenvalue weighted by Gasteiger charge is -2.35. The number of nitrogens with zero attached hydrogens (tertiary/aromatic N) is 3. The van der Waals surface area contributed by atoms with Gasteiger partial charge in [-0.05, 0) is 73.5 Å². The van der Waals surface area contributed by atoms with Crippen LogP contribution in [0.25, 0.3) is 17.1 Å². The molecule has 3 fully saturated rings. The first-order valence-electron chi connectivity index (χ1n) is 15.2. The minimum absolute atomic E-state index is 0.0575. The van der Waals surface area contributed by atoms with E-state index in [1.54, 1.807) is 6.07 Å². The summed E-state index contributed by atoms with van der Waals surface area (Å²) >= 11 is 0. The van der Waals surface area contributed by atoms with Gasteiger partial charge in [0.25, 0.3) is 0 Å². The van der Waals surface area contributed by atoms with E-state index in [1.807, 2.05) is 32.9 Å².